The minimum absolute atomic E-state index is 0.0362. The van der Waals surface area contributed by atoms with E-state index in [-0.39, 0.29) is 18.6 Å². The lowest BCUT2D eigenvalue weighted by Crippen LogP contribution is -2.28. The summed E-state index contributed by atoms with van der Waals surface area (Å²) in [6.07, 6.45) is 3.33. The number of fused-ring (bicyclic) bond motifs is 1. The first-order chi connectivity index (χ1) is 15.9. The predicted octanol–water partition coefficient (Wildman–Crippen LogP) is 4.16. The molecule has 1 N–H and O–H groups in total. The van der Waals surface area contributed by atoms with Crippen LogP contribution in [0.4, 0.5) is 5.82 Å². The van der Waals surface area contributed by atoms with Gasteiger partial charge in [-0.15, -0.1) is 0 Å². The van der Waals surface area contributed by atoms with Gasteiger partial charge in [-0.3, -0.25) is 9.59 Å². The van der Waals surface area contributed by atoms with Crippen LogP contribution in [-0.4, -0.2) is 42.6 Å². The van der Waals surface area contributed by atoms with E-state index in [1.54, 1.807) is 25.2 Å². The molecule has 0 spiro atoms. The molecule has 1 fully saturated rings. The number of anilines is 1. The van der Waals surface area contributed by atoms with Crippen LogP contribution in [0.2, 0.25) is 0 Å². The van der Waals surface area contributed by atoms with E-state index in [2.05, 4.69) is 10.3 Å². The molecule has 0 unspecified atom stereocenters. The van der Waals surface area contributed by atoms with Crippen molar-refractivity contribution >= 4 is 17.6 Å². The molecule has 7 nitrogen and oxygen atoms in total. The Bertz CT molecular complexity index is 1250. The molecule has 1 aromatic heterocycles. The summed E-state index contributed by atoms with van der Waals surface area (Å²) in [4.78, 5) is 31.3. The fourth-order valence-corrected chi connectivity index (χ4v) is 4.18. The van der Waals surface area contributed by atoms with Gasteiger partial charge in [-0.2, -0.15) is 0 Å². The molecule has 2 heterocycles. The van der Waals surface area contributed by atoms with Gasteiger partial charge in [0.15, 0.2) is 11.5 Å². The van der Waals surface area contributed by atoms with Crippen molar-refractivity contribution in [2.45, 2.75) is 25.2 Å². The maximum absolute atomic E-state index is 13.2. The summed E-state index contributed by atoms with van der Waals surface area (Å²) in [6, 6.07) is 15.0. The van der Waals surface area contributed by atoms with Crippen LogP contribution in [0.3, 0.4) is 0 Å². The van der Waals surface area contributed by atoms with Crippen LogP contribution in [0, 0.1) is 6.92 Å². The third kappa shape index (κ3) is 3.80. The standard InChI is InChI=1S/C26H25N3O4/c1-16-12-23(27-14-20(16)17-4-6-18(7-5-17)24(30)29(2)3)28-25(31)26(10-11-26)19-8-9-21-22(13-19)33-15-32-21/h4-9,12-14H,10-11,15H2,1-3H3,(H,27,28,31). The number of hydrogen-bond donors (Lipinski definition) is 1. The number of nitrogens with zero attached hydrogens (tertiary/aromatic N) is 2. The number of ether oxygens (including phenoxy) is 2. The molecule has 7 heteroatoms. The van der Waals surface area contributed by atoms with Crippen molar-refractivity contribution < 1.29 is 19.1 Å². The summed E-state index contributed by atoms with van der Waals surface area (Å²) in [5, 5.41) is 2.99. The second-order valence-corrected chi connectivity index (χ2v) is 8.77. The SMILES string of the molecule is Cc1cc(NC(=O)C2(c3ccc4c(c3)OCO4)CC2)ncc1-c1ccc(C(=O)N(C)C)cc1. The minimum atomic E-state index is -0.552. The zero-order valence-corrected chi connectivity index (χ0v) is 18.8. The Morgan fingerprint density at radius 3 is 2.39 bits per heavy atom. The van der Waals surface area contributed by atoms with E-state index >= 15 is 0 Å². The summed E-state index contributed by atoms with van der Waals surface area (Å²) in [5.74, 6) is 1.82. The molecule has 1 aliphatic carbocycles. The largest absolute Gasteiger partial charge is 0.454 e. The molecule has 3 aromatic rings. The number of aryl methyl sites for hydroxylation is 1. The normalized spacial score (nSPS) is 15.1. The maximum atomic E-state index is 13.2. The highest BCUT2D eigenvalue weighted by atomic mass is 16.7. The lowest BCUT2D eigenvalue weighted by atomic mass is 9.94. The predicted molar refractivity (Wildman–Crippen MR) is 125 cm³/mol. The number of amides is 2. The average molecular weight is 444 g/mol. The number of pyridine rings is 1. The van der Waals surface area contributed by atoms with Crippen LogP contribution >= 0.6 is 0 Å². The van der Waals surface area contributed by atoms with E-state index in [1.165, 1.54) is 0 Å². The summed E-state index contributed by atoms with van der Waals surface area (Å²) in [7, 11) is 3.46. The fraction of sp³-hybridized carbons (Fsp3) is 0.269. The average Bonchev–Trinajstić information content (AvgIpc) is 3.49. The van der Waals surface area contributed by atoms with Crippen LogP contribution < -0.4 is 14.8 Å². The molecule has 0 atom stereocenters. The Hall–Kier alpha value is -3.87. The van der Waals surface area contributed by atoms with E-state index in [1.807, 2.05) is 55.5 Å². The van der Waals surface area contributed by atoms with Crippen LogP contribution in [0.1, 0.15) is 34.3 Å². The monoisotopic (exact) mass is 443 g/mol. The van der Waals surface area contributed by atoms with E-state index in [4.69, 9.17) is 9.47 Å². The molecular formula is C26H25N3O4. The van der Waals surface area contributed by atoms with Gasteiger partial charge in [0.1, 0.15) is 5.82 Å². The van der Waals surface area contributed by atoms with Gasteiger partial charge in [0.25, 0.3) is 5.91 Å². The van der Waals surface area contributed by atoms with Crippen molar-refractivity contribution in [1.82, 2.24) is 9.88 Å². The molecule has 33 heavy (non-hydrogen) atoms. The van der Waals surface area contributed by atoms with Crippen molar-refractivity contribution in [1.29, 1.82) is 0 Å². The molecule has 1 saturated carbocycles. The number of nitrogens with one attached hydrogen (secondary N) is 1. The van der Waals surface area contributed by atoms with E-state index < -0.39 is 5.41 Å². The van der Waals surface area contributed by atoms with Gasteiger partial charge < -0.3 is 19.7 Å². The number of carbonyl (C=O) groups is 2. The highest BCUT2D eigenvalue weighted by molar-refractivity contribution is 6.01. The van der Waals surface area contributed by atoms with Gasteiger partial charge in [0.2, 0.25) is 12.7 Å². The zero-order valence-electron chi connectivity index (χ0n) is 18.8. The van der Waals surface area contributed by atoms with Crippen LogP contribution in [-0.2, 0) is 10.2 Å². The molecule has 168 valence electrons. The molecule has 1 aliphatic heterocycles. The number of carbonyl (C=O) groups excluding carboxylic acids is 2. The Kier molecular flexibility index (Phi) is 5.04. The number of benzene rings is 2. The molecule has 0 saturated heterocycles. The molecular weight excluding hydrogens is 418 g/mol. The maximum Gasteiger partial charge on any atom is 0.253 e. The molecule has 0 radical (unpaired) electrons. The fourth-order valence-electron chi connectivity index (χ4n) is 4.18. The first kappa shape index (κ1) is 21.0. The van der Waals surface area contributed by atoms with Gasteiger partial charge >= 0.3 is 0 Å². The Balaban J connectivity index is 1.33. The van der Waals surface area contributed by atoms with Gasteiger partial charge in [-0.1, -0.05) is 18.2 Å². The topological polar surface area (TPSA) is 80.8 Å². The van der Waals surface area contributed by atoms with Crippen LogP contribution in [0.15, 0.2) is 54.7 Å². The Labute approximate surface area is 192 Å². The molecule has 5 rings (SSSR count). The van der Waals surface area contributed by atoms with Crippen molar-refractivity contribution in [3.8, 4) is 22.6 Å². The van der Waals surface area contributed by atoms with Gasteiger partial charge in [0, 0.05) is 31.4 Å². The quantitative estimate of drug-likeness (QED) is 0.641. The number of aromatic nitrogens is 1. The number of hydrogen-bond acceptors (Lipinski definition) is 5. The van der Waals surface area contributed by atoms with Gasteiger partial charge in [0.05, 0.1) is 5.41 Å². The van der Waals surface area contributed by atoms with E-state index in [0.717, 1.165) is 35.1 Å². The lowest BCUT2D eigenvalue weighted by Gasteiger charge is -2.17. The van der Waals surface area contributed by atoms with Crippen molar-refractivity contribution in [3.05, 3.63) is 71.4 Å². The smallest absolute Gasteiger partial charge is 0.253 e. The Morgan fingerprint density at radius 2 is 1.73 bits per heavy atom. The van der Waals surface area contributed by atoms with Crippen molar-refractivity contribution in [3.63, 3.8) is 0 Å². The van der Waals surface area contributed by atoms with Crippen molar-refractivity contribution in [2.24, 2.45) is 0 Å². The highest BCUT2D eigenvalue weighted by Gasteiger charge is 2.51. The zero-order chi connectivity index (χ0) is 23.2. The summed E-state index contributed by atoms with van der Waals surface area (Å²) >= 11 is 0. The first-order valence-electron chi connectivity index (χ1n) is 10.9. The second kappa shape index (κ2) is 7.92. The molecule has 2 aromatic carbocycles. The van der Waals surface area contributed by atoms with Crippen LogP contribution in [0.25, 0.3) is 11.1 Å². The van der Waals surface area contributed by atoms with Crippen LogP contribution in [0.5, 0.6) is 11.5 Å². The summed E-state index contributed by atoms with van der Waals surface area (Å²) in [5.41, 5.74) is 3.92. The summed E-state index contributed by atoms with van der Waals surface area (Å²) in [6.45, 7) is 2.19. The van der Waals surface area contributed by atoms with Gasteiger partial charge in [-0.05, 0) is 66.8 Å². The Morgan fingerprint density at radius 1 is 1.00 bits per heavy atom. The van der Waals surface area contributed by atoms with Crippen molar-refractivity contribution in [2.75, 3.05) is 26.2 Å². The lowest BCUT2D eigenvalue weighted by molar-refractivity contribution is -0.118. The second-order valence-electron chi connectivity index (χ2n) is 8.77. The highest BCUT2D eigenvalue weighted by Crippen LogP contribution is 2.51. The third-order valence-electron chi connectivity index (χ3n) is 6.31. The molecule has 2 aliphatic rings. The number of rotatable bonds is 5. The first-order valence-corrected chi connectivity index (χ1v) is 10.9. The van der Waals surface area contributed by atoms with E-state index in [0.29, 0.717) is 22.9 Å². The molecule has 0 bridgehead atoms. The third-order valence-corrected chi connectivity index (χ3v) is 6.31. The minimum Gasteiger partial charge on any atom is -0.454 e. The molecule has 2 amide bonds. The van der Waals surface area contributed by atoms with Gasteiger partial charge in [-0.25, -0.2) is 4.98 Å². The van der Waals surface area contributed by atoms with E-state index in [9.17, 15) is 9.59 Å². The summed E-state index contributed by atoms with van der Waals surface area (Å²) < 4.78 is 10.9.